The van der Waals surface area contributed by atoms with Gasteiger partial charge in [-0.15, -0.1) is 0 Å². The number of anilines is 1. The predicted octanol–water partition coefficient (Wildman–Crippen LogP) is 4.53. The number of fused-ring (bicyclic) bond motifs is 1. The Hall–Kier alpha value is -3.95. The van der Waals surface area contributed by atoms with Gasteiger partial charge in [0.15, 0.2) is 0 Å². The maximum Gasteiger partial charge on any atom is 0.417 e. The largest absolute Gasteiger partial charge is 0.417 e. The molecule has 0 amide bonds. The van der Waals surface area contributed by atoms with Gasteiger partial charge in [-0.05, 0) is 36.4 Å². The number of hydrogen-bond acceptors (Lipinski definition) is 6. The topological polar surface area (TPSA) is 129 Å². The molecule has 0 saturated carbocycles. The molecule has 3 aromatic heterocycles. The molecule has 13 heteroatoms. The van der Waals surface area contributed by atoms with Gasteiger partial charge in [-0.25, -0.2) is 18.4 Å². The van der Waals surface area contributed by atoms with Gasteiger partial charge in [-0.3, -0.25) is 9.52 Å². The molecule has 0 spiro atoms. The van der Waals surface area contributed by atoms with E-state index in [4.69, 9.17) is 16.9 Å². The number of sulfonamides is 1. The van der Waals surface area contributed by atoms with Gasteiger partial charge in [0.2, 0.25) is 5.78 Å². The van der Waals surface area contributed by atoms with Gasteiger partial charge in [-0.1, -0.05) is 11.6 Å². The van der Waals surface area contributed by atoms with E-state index >= 15 is 0 Å². The maximum atomic E-state index is 13.3. The smallest absolute Gasteiger partial charge is 0.346 e. The Morgan fingerprint density at radius 3 is 2.62 bits per heavy atom. The predicted molar refractivity (Wildman–Crippen MR) is 116 cm³/mol. The first kappa shape index (κ1) is 23.2. The van der Waals surface area contributed by atoms with E-state index in [0.29, 0.717) is 17.1 Å². The molecule has 0 atom stereocenters. The van der Waals surface area contributed by atoms with E-state index < -0.39 is 38.0 Å². The van der Waals surface area contributed by atoms with Crippen molar-refractivity contribution in [2.45, 2.75) is 11.1 Å². The molecule has 0 fully saturated rings. The Morgan fingerprint density at radius 1 is 1.15 bits per heavy atom. The minimum atomic E-state index is -4.96. The standard InChI is InChI=1S/C21H11ClF3N5O3S/c22-12-7-17(18(29-10-12)19(31)14-3-5-27-20-15(14)4-6-28-20)30-34(32,33)13-2-1-11(9-26)16(8-13)21(23,24)25/h1-8,10,30H,(H,27,28). The highest BCUT2D eigenvalue weighted by Gasteiger charge is 2.35. The highest BCUT2D eigenvalue weighted by molar-refractivity contribution is 7.92. The Morgan fingerprint density at radius 2 is 1.91 bits per heavy atom. The highest BCUT2D eigenvalue weighted by Crippen LogP contribution is 2.34. The van der Waals surface area contributed by atoms with Crippen LogP contribution in [0.25, 0.3) is 11.0 Å². The number of aromatic nitrogens is 3. The lowest BCUT2D eigenvalue weighted by Gasteiger charge is -2.14. The lowest BCUT2D eigenvalue weighted by molar-refractivity contribution is -0.137. The summed E-state index contributed by atoms with van der Waals surface area (Å²) < 4.78 is 67.8. The molecule has 0 bridgehead atoms. The number of hydrogen-bond donors (Lipinski definition) is 2. The molecule has 4 aromatic rings. The van der Waals surface area contributed by atoms with Crippen LogP contribution in [0.15, 0.2) is 59.9 Å². The quantitative estimate of drug-likeness (QED) is 0.383. The zero-order valence-corrected chi connectivity index (χ0v) is 18.3. The lowest BCUT2D eigenvalue weighted by Crippen LogP contribution is -2.18. The number of rotatable bonds is 5. The van der Waals surface area contributed by atoms with Gasteiger partial charge in [0, 0.05) is 29.5 Å². The molecule has 172 valence electrons. The second-order valence-corrected chi connectivity index (χ2v) is 9.02. The summed E-state index contributed by atoms with van der Waals surface area (Å²) in [7, 11) is -4.64. The van der Waals surface area contributed by atoms with Crippen LogP contribution in [0.5, 0.6) is 0 Å². The van der Waals surface area contributed by atoms with Gasteiger partial charge in [0.05, 0.1) is 32.8 Å². The number of H-pyrrole nitrogens is 1. The summed E-state index contributed by atoms with van der Waals surface area (Å²) in [6.45, 7) is 0. The van der Waals surface area contributed by atoms with Crippen molar-refractivity contribution in [3.63, 3.8) is 0 Å². The number of ketones is 1. The van der Waals surface area contributed by atoms with Crippen LogP contribution in [0.3, 0.4) is 0 Å². The van der Waals surface area contributed by atoms with Gasteiger partial charge < -0.3 is 4.98 Å². The van der Waals surface area contributed by atoms with Gasteiger partial charge in [0.1, 0.15) is 11.3 Å². The van der Waals surface area contributed by atoms with Crippen molar-refractivity contribution >= 4 is 44.1 Å². The van der Waals surface area contributed by atoms with Crippen LogP contribution in [-0.2, 0) is 16.2 Å². The summed E-state index contributed by atoms with van der Waals surface area (Å²) in [5.41, 5.74) is -2.23. The Bertz CT molecular complexity index is 1590. The van der Waals surface area contributed by atoms with Crippen molar-refractivity contribution in [3.8, 4) is 6.07 Å². The van der Waals surface area contributed by atoms with Gasteiger partial charge in [0.25, 0.3) is 10.0 Å². The van der Waals surface area contributed by atoms with Crippen molar-refractivity contribution < 1.29 is 26.4 Å². The van der Waals surface area contributed by atoms with Crippen LogP contribution >= 0.6 is 11.6 Å². The van der Waals surface area contributed by atoms with Gasteiger partial charge in [-0.2, -0.15) is 18.4 Å². The number of nitriles is 1. The molecule has 1 aromatic carbocycles. The average Bonchev–Trinajstić information content (AvgIpc) is 3.26. The molecular formula is C21H11ClF3N5O3S. The number of alkyl halides is 3. The van der Waals surface area contributed by atoms with E-state index in [1.165, 1.54) is 18.3 Å². The Kier molecular flexibility index (Phi) is 5.76. The minimum absolute atomic E-state index is 0.0217. The molecule has 0 unspecified atom stereocenters. The Labute approximate surface area is 195 Å². The van der Waals surface area contributed by atoms with Crippen LogP contribution in [0.1, 0.15) is 27.2 Å². The fraction of sp³-hybridized carbons (Fsp3) is 0.0476. The molecule has 3 heterocycles. The fourth-order valence-electron chi connectivity index (χ4n) is 3.21. The van der Waals surface area contributed by atoms with E-state index in [9.17, 15) is 26.4 Å². The Balaban J connectivity index is 1.78. The second-order valence-electron chi connectivity index (χ2n) is 6.90. The van der Waals surface area contributed by atoms with Crippen LogP contribution in [-0.4, -0.2) is 29.2 Å². The van der Waals surface area contributed by atoms with E-state index in [0.717, 1.165) is 24.4 Å². The van der Waals surface area contributed by atoms with E-state index in [2.05, 4.69) is 19.7 Å². The second kappa shape index (κ2) is 8.44. The molecule has 2 N–H and O–H groups in total. The number of carbonyl (C=O) groups is 1. The molecule has 0 aliphatic rings. The third kappa shape index (κ3) is 4.30. The van der Waals surface area contributed by atoms with E-state index in [-0.39, 0.29) is 22.0 Å². The molecule has 4 rings (SSSR count). The molecular weight excluding hydrogens is 495 g/mol. The number of carbonyl (C=O) groups excluding carboxylic acids is 1. The van der Waals surface area contributed by atoms with Crippen LogP contribution in [0.2, 0.25) is 5.02 Å². The first-order valence-corrected chi connectivity index (χ1v) is 11.1. The summed E-state index contributed by atoms with van der Waals surface area (Å²) in [4.78, 5) is 23.3. The summed E-state index contributed by atoms with van der Waals surface area (Å²) in [5.74, 6) is -0.669. The number of halogens is 4. The van der Waals surface area contributed by atoms with E-state index in [1.54, 1.807) is 12.3 Å². The molecule has 0 saturated heterocycles. The van der Waals surface area contributed by atoms with Crippen molar-refractivity contribution in [3.05, 3.63) is 82.4 Å². The fourth-order valence-corrected chi connectivity index (χ4v) is 4.45. The number of benzene rings is 1. The number of aromatic amines is 1. The molecule has 0 radical (unpaired) electrons. The maximum absolute atomic E-state index is 13.3. The van der Waals surface area contributed by atoms with Crippen LogP contribution in [0.4, 0.5) is 18.9 Å². The van der Waals surface area contributed by atoms with Crippen LogP contribution < -0.4 is 4.72 Å². The van der Waals surface area contributed by atoms with Crippen molar-refractivity contribution in [2.24, 2.45) is 0 Å². The summed E-state index contributed by atoms with van der Waals surface area (Å²) in [6.07, 6.45) is -0.887. The zero-order valence-electron chi connectivity index (χ0n) is 16.7. The minimum Gasteiger partial charge on any atom is -0.346 e. The van der Waals surface area contributed by atoms with Crippen LogP contribution in [0, 0.1) is 11.3 Å². The highest BCUT2D eigenvalue weighted by atomic mass is 35.5. The number of pyridine rings is 2. The third-order valence-corrected chi connectivity index (χ3v) is 6.32. The van der Waals surface area contributed by atoms with Gasteiger partial charge >= 0.3 is 6.18 Å². The summed E-state index contributed by atoms with van der Waals surface area (Å²) in [6, 6.07) is 7.45. The monoisotopic (exact) mass is 505 g/mol. The molecule has 0 aliphatic heterocycles. The van der Waals surface area contributed by atoms with Crippen molar-refractivity contribution in [1.82, 2.24) is 15.0 Å². The first-order valence-electron chi connectivity index (χ1n) is 9.28. The molecule has 8 nitrogen and oxygen atoms in total. The average molecular weight is 506 g/mol. The van der Waals surface area contributed by atoms with Crippen molar-refractivity contribution in [2.75, 3.05) is 4.72 Å². The lowest BCUT2D eigenvalue weighted by atomic mass is 10.0. The third-order valence-electron chi connectivity index (χ3n) is 4.75. The SMILES string of the molecule is N#Cc1ccc(S(=O)(=O)Nc2cc(Cl)cnc2C(=O)c2ccnc3[nH]ccc23)cc1C(F)(F)F. The number of nitrogens with one attached hydrogen (secondary N) is 2. The first-order chi connectivity index (χ1) is 16.0. The normalized spacial score (nSPS) is 11.9. The summed E-state index contributed by atoms with van der Waals surface area (Å²) >= 11 is 5.94. The number of nitrogens with zero attached hydrogens (tertiary/aromatic N) is 3. The molecule has 0 aliphatic carbocycles. The summed E-state index contributed by atoms with van der Waals surface area (Å²) in [5, 5.41) is 9.36. The van der Waals surface area contributed by atoms with Crippen molar-refractivity contribution in [1.29, 1.82) is 5.26 Å². The zero-order chi connectivity index (χ0) is 24.7. The molecule has 34 heavy (non-hydrogen) atoms. The van der Waals surface area contributed by atoms with E-state index in [1.807, 2.05) is 0 Å².